The van der Waals surface area contributed by atoms with Crippen molar-refractivity contribution in [2.75, 3.05) is 44.7 Å². The van der Waals surface area contributed by atoms with E-state index in [2.05, 4.69) is 16.8 Å². The third-order valence-electron chi connectivity index (χ3n) is 5.80. The van der Waals surface area contributed by atoms with E-state index in [1.807, 2.05) is 17.0 Å². The normalized spacial score (nSPS) is 21.0. The van der Waals surface area contributed by atoms with Crippen LogP contribution in [0, 0.1) is 5.82 Å². The predicted octanol–water partition coefficient (Wildman–Crippen LogP) is 3.34. The first-order valence-corrected chi connectivity index (χ1v) is 10.1. The average Bonchev–Trinajstić information content (AvgIpc) is 2.74. The molecule has 0 N–H and O–H groups in total. The van der Waals surface area contributed by atoms with Gasteiger partial charge in [0.15, 0.2) is 0 Å². The first kappa shape index (κ1) is 18.9. The number of amides is 1. The van der Waals surface area contributed by atoms with E-state index < -0.39 is 0 Å². The van der Waals surface area contributed by atoms with Gasteiger partial charge in [0.25, 0.3) is 5.91 Å². The Morgan fingerprint density at radius 2 is 1.75 bits per heavy atom. The number of carbonyl (C=O) groups excluding carboxylic acids is 1. The zero-order valence-electron chi connectivity index (χ0n) is 16.4. The number of nitrogens with zero attached hydrogens (tertiary/aromatic N) is 4. The molecule has 1 aromatic carbocycles. The highest BCUT2D eigenvalue weighted by molar-refractivity contribution is 5.93. The van der Waals surface area contributed by atoms with E-state index in [1.54, 1.807) is 18.2 Å². The van der Waals surface area contributed by atoms with Crippen LogP contribution in [0.1, 0.15) is 41.4 Å². The lowest BCUT2D eigenvalue weighted by Gasteiger charge is -2.36. The second kappa shape index (κ2) is 8.27. The number of likely N-dealkylation sites (N-methyl/N-ethyl adjacent to an activating group) is 1. The molecule has 2 saturated heterocycles. The molecule has 0 unspecified atom stereocenters. The van der Waals surface area contributed by atoms with Gasteiger partial charge in [0.2, 0.25) is 0 Å². The molecule has 2 fully saturated rings. The van der Waals surface area contributed by atoms with Crippen LogP contribution < -0.4 is 4.90 Å². The number of piperidine rings is 1. The summed E-state index contributed by atoms with van der Waals surface area (Å²) in [6.45, 7) is 4.55. The van der Waals surface area contributed by atoms with Crippen LogP contribution >= 0.6 is 0 Å². The molecule has 1 amide bonds. The summed E-state index contributed by atoms with van der Waals surface area (Å²) in [5.41, 5.74) is 1.48. The number of anilines is 1. The molecule has 1 aromatic heterocycles. The first-order chi connectivity index (χ1) is 13.6. The first-order valence-electron chi connectivity index (χ1n) is 10.1. The summed E-state index contributed by atoms with van der Waals surface area (Å²) >= 11 is 0. The molecular weight excluding hydrogens is 355 g/mol. The summed E-state index contributed by atoms with van der Waals surface area (Å²) in [7, 11) is 2.12. The maximum absolute atomic E-state index is 13.3. The Morgan fingerprint density at radius 3 is 2.50 bits per heavy atom. The molecule has 2 aliphatic heterocycles. The molecule has 6 heteroatoms. The minimum atomic E-state index is -0.251. The van der Waals surface area contributed by atoms with E-state index in [-0.39, 0.29) is 17.8 Å². The quantitative estimate of drug-likeness (QED) is 0.816. The van der Waals surface area contributed by atoms with E-state index in [0.717, 1.165) is 56.8 Å². The van der Waals surface area contributed by atoms with Crippen LogP contribution in [0.2, 0.25) is 0 Å². The Kier molecular flexibility index (Phi) is 5.57. The van der Waals surface area contributed by atoms with Gasteiger partial charge in [0, 0.05) is 32.7 Å². The summed E-state index contributed by atoms with van der Waals surface area (Å²) < 4.78 is 13.3. The van der Waals surface area contributed by atoms with Crippen molar-refractivity contribution in [1.29, 1.82) is 0 Å². The average molecular weight is 382 g/mol. The molecule has 0 aliphatic carbocycles. The van der Waals surface area contributed by atoms with Gasteiger partial charge in [0.05, 0.1) is 6.04 Å². The van der Waals surface area contributed by atoms with E-state index >= 15 is 0 Å². The third-order valence-corrected chi connectivity index (χ3v) is 5.80. The van der Waals surface area contributed by atoms with Gasteiger partial charge in [-0.1, -0.05) is 18.2 Å². The summed E-state index contributed by atoms with van der Waals surface area (Å²) in [5.74, 6) is 0.582. The highest BCUT2D eigenvalue weighted by atomic mass is 19.1. The number of aromatic nitrogens is 1. The summed E-state index contributed by atoms with van der Waals surface area (Å²) in [4.78, 5) is 24.4. The minimum absolute atomic E-state index is 0.0176. The topological polar surface area (TPSA) is 39.7 Å². The van der Waals surface area contributed by atoms with Crippen LogP contribution in [0.4, 0.5) is 10.2 Å². The Morgan fingerprint density at radius 1 is 1.00 bits per heavy atom. The van der Waals surface area contributed by atoms with Crippen molar-refractivity contribution in [2.45, 2.75) is 25.3 Å². The van der Waals surface area contributed by atoms with Crippen LogP contribution in [0.15, 0.2) is 42.5 Å². The smallest absolute Gasteiger partial charge is 0.273 e. The minimum Gasteiger partial charge on any atom is -0.354 e. The maximum Gasteiger partial charge on any atom is 0.273 e. The maximum atomic E-state index is 13.3. The van der Waals surface area contributed by atoms with Gasteiger partial charge < -0.3 is 14.7 Å². The van der Waals surface area contributed by atoms with Crippen LogP contribution in [0.3, 0.4) is 0 Å². The molecule has 148 valence electrons. The Bertz CT molecular complexity index is 818. The Hall–Kier alpha value is -2.47. The second-order valence-corrected chi connectivity index (χ2v) is 7.73. The molecule has 28 heavy (non-hydrogen) atoms. The van der Waals surface area contributed by atoms with Crippen LogP contribution in [0.5, 0.6) is 0 Å². The Labute approximate surface area is 165 Å². The van der Waals surface area contributed by atoms with Gasteiger partial charge in [-0.25, -0.2) is 9.37 Å². The van der Waals surface area contributed by atoms with E-state index in [9.17, 15) is 9.18 Å². The van der Waals surface area contributed by atoms with Crippen molar-refractivity contribution in [1.82, 2.24) is 14.8 Å². The second-order valence-electron chi connectivity index (χ2n) is 7.73. The zero-order valence-corrected chi connectivity index (χ0v) is 16.4. The summed E-state index contributed by atoms with van der Waals surface area (Å²) in [5, 5.41) is 0. The molecule has 4 rings (SSSR count). The molecule has 5 nitrogen and oxygen atoms in total. The van der Waals surface area contributed by atoms with Crippen LogP contribution in [-0.4, -0.2) is 60.5 Å². The van der Waals surface area contributed by atoms with Gasteiger partial charge >= 0.3 is 0 Å². The van der Waals surface area contributed by atoms with Gasteiger partial charge in [-0.2, -0.15) is 0 Å². The molecule has 0 spiro atoms. The molecule has 0 radical (unpaired) electrons. The molecule has 0 saturated carbocycles. The number of benzene rings is 1. The SMILES string of the molecule is CN1CCN(c2cccc(C(=O)N3CCCC[C@@H]3c3ccc(F)cc3)n2)CC1. The largest absolute Gasteiger partial charge is 0.354 e. The number of carbonyl (C=O) groups is 1. The fraction of sp³-hybridized carbons (Fsp3) is 0.455. The van der Waals surface area contributed by atoms with Gasteiger partial charge in [-0.15, -0.1) is 0 Å². The van der Waals surface area contributed by atoms with E-state index in [4.69, 9.17) is 4.98 Å². The number of hydrogen-bond donors (Lipinski definition) is 0. The van der Waals surface area contributed by atoms with Gasteiger partial charge in [-0.05, 0) is 56.1 Å². The molecule has 2 aromatic rings. The lowest BCUT2D eigenvalue weighted by molar-refractivity contribution is 0.0605. The fourth-order valence-corrected chi connectivity index (χ4v) is 4.11. The highest BCUT2D eigenvalue weighted by Gasteiger charge is 2.29. The lowest BCUT2D eigenvalue weighted by atomic mass is 9.95. The van der Waals surface area contributed by atoms with E-state index in [0.29, 0.717) is 12.2 Å². The van der Waals surface area contributed by atoms with Crippen LogP contribution in [-0.2, 0) is 0 Å². The monoisotopic (exact) mass is 382 g/mol. The molecule has 1 atom stereocenters. The number of hydrogen-bond acceptors (Lipinski definition) is 4. The van der Waals surface area contributed by atoms with Crippen molar-refractivity contribution < 1.29 is 9.18 Å². The number of piperazine rings is 1. The summed E-state index contributed by atoms with van der Waals surface area (Å²) in [6.07, 6.45) is 2.96. The molecular formula is C22H27FN4O. The number of rotatable bonds is 3. The number of halogens is 1. The van der Waals surface area contributed by atoms with Gasteiger partial charge in [0.1, 0.15) is 17.3 Å². The highest BCUT2D eigenvalue weighted by Crippen LogP contribution is 2.32. The number of pyridine rings is 1. The van der Waals surface area contributed by atoms with Crippen molar-refractivity contribution in [3.63, 3.8) is 0 Å². The standard InChI is InChI=1S/C22H27FN4O/c1-25-13-15-26(16-14-25)21-7-4-5-19(24-21)22(28)27-12-3-2-6-20(27)17-8-10-18(23)11-9-17/h4-5,7-11,20H,2-3,6,12-16H2,1H3/t20-/m1/s1. The lowest BCUT2D eigenvalue weighted by Crippen LogP contribution is -2.45. The predicted molar refractivity (Wildman–Crippen MR) is 108 cm³/mol. The zero-order chi connectivity index (χ0) is 19.5. The fourth-order valence-electron chi connectivity index (χ4n) is 4.11. The van der Waals surface area contributed by atoms with Crippen molar-refractivity contribution in [3.8, 4) is 0 Å². The Balaban J connectivity index is 1.55. The molecule has 2 aliphatic rings. The van der Waals surface area contributed by atoms with Crippen molar-refractivity contribution >= 4 is 11.7 Å². The van der Waals surface area contributed by atoms with E-state index in [1.165, 1.54) is 12.1 Å². The van der Waals surface area contributed by atoms with Crippen LogP contribution in [0.25, 0.3) is 0 Å². The third kappa shape index (κ3) is 4.02. The molecule has 0 bridgehead atoms. The van der Waals surface area contributed by atoms with Crippen molar-refractivity contribution in [3.05, 3.63) is 59.5 Å². The summed E-state index contributed by atoms with van der Waals surface area (Å²) in [6, 6.07) is 12.2. The number of likely N-dealkylation sites (tertiary alicyclic amines) is 1. The van der Waals surface area contributed by atoms with Gasteiger partial charge in [-0.3, -0.25) is 4.79 Å². The van der Waals surface area contributed by atoms with Crippen molar-refractivity contribution in [2.24, 2.45) is 0 Å². The molecule has 3 heterocycles.